The Bertz CT molecular complexity index is 533. The molecular weight excluding hydrogens is 274 g/mol. The zero-order valence-electron chi connectivity index (χ0n) is 13.2. The van der Waals surface area contributed by atoms with Gasteiger partial charge in [0.2, 0.25) is 0 Å². The summed E-state index contributed by atoms with van der Waals surface area (Å²) in [7, 11) is 0. The molecule has 1 amide bonds. The molecule has 0 atom stereocenters. The fourth-order valence-corrected chi connectivity index (χ4v) is 4.63. The van der Waals surface area contributed by atoms with Crippen LogP contribution in [-0.4, -0.2) is 53.4 Å². The molecule has 0 aromatic carbocycles. The Morgan fingerprint density at radius 2 is 1.91 bits per heavy atom. The maximum absolute atomic E-state index is 12.5. The van der Waals surface area contributed by atoms with Crippen LogP contribution in [-0.2, 0) is 0 Å². The summed E-state index contributed by atoms with van der Waals surface area (Å²) in [6.45, 7) is 5.54. The SMILES string of the molecule is O=C(c1ccncc1)N1CCC2(CN(CC3CCCC3)C2)C1. The molecule has 22 heavy (non-hydrogen) atoms. The first-order chi connectivity index (χ1) is 10.7. The number of carbonyl (C=O) groups is 1. The average Bonchev–Trinajstić information content (AvgIpc) is 3.17. The van der Waals surface area contributed by atoms with E-state index in [0.29, 0.717) is 5.41 Å². The number of rotatable bonds is 3. The molecule has 3 fully saturated rings. The summed E-state index contributed by atoms with van der Waals surface area (Å²) in [5.41, 5.74) is 1.16. The second kappa shape index (κ2) is 5.65. The van der Waals surface area contributed by atoms with Crippen molar-refractivity contribution in [2.24, 2.45) is 11.3 Å². The maximum atomic E-state index is 12.5. The van der Waals surface area contributed by atoms with Gasteiger partial charge >= 0.3 is 0 Å². The Morgan fingerprint density at radius 1 is 1.18 bits per heavy atom. The van der Waals surface area contributed by atoms with Crippen LogP contribution < -0.4 is 0 Å². The van der Waals surface area contributed by atoms with Crippen LogP contribution in [0, 0.1) is 11.3 Å². The predicted molar refractivity (Wildman–Crippen MR) is 85.6 cm³/mol. The van der Waals surface area contributed by atoms with Crippen molar-refractivity contribution in [3.05, 3.63) is 30.1 Å². The van der Waals surface area contributed by atoms with Gasteiger partial charge in [-0.1, -0.05) is 12.8 Å². The molecule has 0 unspecified atom stereocenters. The third kappa shape index (κ3) is 2.65. The fraction of sp³-hybridized carbons (Fsp3) is 0.667. The van der Waals surface area contributed by atoms with Crippen LogP contribution in [0.15, 0.2) is 24.5 Å². The van der Waals surface area contributed by atoms with Crippen LogP contribution in [0.1, 0.15) is 42.5 Å². The molecule has 4 rings (SSSR count). The molecule has 1 aromatic heterocycles. The molecular formula is C18H25N3O. The highest BCUT2D eigenvalue weighted by Crippen LogP contribution is 2.41. The zero-order chi connectivity index (χ0) is 15.0. The molecule has 1 saturated carbocycles. The van der Waals surface area contributed by atoms with Crippen LogP contribution in [0.5, 0.6) is 0 Å². The summed E-state index contributed by atoms with van der Waals surface area (Å²) in [6.07, 6.45) is 10.3. The second-order valence-corrected chi connectivity index (χ2v) is 7.53. The molecule has 0 N–H and O–H groups in total. The van der Waals surface area contributed by atoms with Gasteiger partial charge in [-0.05, 0) is 37.3 Å². The van der Waals surface area contributed by atoms with Crippen LogP contribution in [0.25, 0.3) is 0 Å². The molecule has 1 spiro atoms. The summed E-state index contributed by atoms with van der Waals surface area (Å²) in [4.78, 5) is 21.2. The van der Waals surface area contributed by atoms with Gasteiger partial charge in [0.05, 0.1) is 0 Å². The highest BCUT2D eigenvalue weighted by molar-refractivity contribution is 5.94. The van der Waals surface area contributed by atoms with E-state index in [0.717, 1.165) is 24.6 Å². The van der Waals surface area contributed by atoms with Crippen LogP contribution >= 0.6 is 0 Å². The van der Waals surface area contributed by atoms with E-state index in [-0.39, 0.29) is 5.91 Å². The van der Waals surface area contributed by atoms with Gasteiger partial charge in [0.15, 0.2) is 0 Å². The third-order valence-corrected chi connectivity index (χ3v) is 5.76. The summed E-state index contributed by atoms with van der Waals surface area (Å²) >= 11 is 0. The van der Waals surface area contributed by atoms with Crippen molar-refractivity contribution in [3.8, 4) is 0 Å². The number of nitrogens with zero attached hydrogens (tertiary/aromatic N) is 3. The van der Waals surface area contributed by atoms with E-state index in [1.807, 2.05) is 17.0 Å². The van der Waals surface area contributed by atoms with E-state index in [1.165, 1.54) is 51.7 Å². The predicted octanol–water partition coefficient (Wildman–Crippen LogP) is 2.42. The molecule has 4 heteroatoms. The monoisotopic (exact) mass is 299 g/mol. The molecule has 4 nitrogen and oxygen atoms in total. The molecule has 2 saturated heterocycles. The first kappa shape index (κ1) is 14.2. The van der Waals surface area contributed by atoms with E-state index in [4.69, 9.17) is 0 Å². The first-order valence-electron chi connectivity index (χ1n) is 8.66. The van der Waals surface area contributed by atoms with Crippen molar-refractivity contribution in [2.45, 2.75) is 32.1 Å². The van der Waals surface area contributed by atoms with Gasteiger partial charge < -0.3 is 9.80 Å². The van der Waals surface area contributed by atoms with Crippen molar-refractivity contribution >= 4 is 5.91 Å². The van der Waals surface area contributed by atoms with Gasteiger partial charge in [-0.25, -0.2) is 0 Å². The maximum Gasteiger partial charge on any atom is 0.253 e. The first-order valence-corrected chi connectivity index (χ1v) is 8.66. The quantitative estimate of drug-likeness (QED) is 0.860. The van der Waals surface area contributed by atoms with Crippen molar-refractivity contribution in [3.63, 3.8) is 0 Å². The van der Waals surface area contributed by atoms with E-state index in [2.05, 4.69) is 9.88 Å². The van der Waals surface area contributed by atoms with Gasteiger partial charge in [0, 0.05) is 56.1 Å². The lowest BCUT2D eigenvalue weighted by atomic mass is 9.78. The minimum Gasteiger partial charge on any atom is -0.338 e. The van der Waals surface area contributed by atoms with E-state index < -0.39 is 0 Å². The number of amides is 1. The minimum atomic E-state index is 0.175. The number of likely N-dealkylation sites (tertiary alicyclic amines) is 2. The summed E-state index contributed by atoms with van der Waals surface area (Å²) in [6, 6.07) is 3.64. The lowest BCUT2D eigenvalue weighted by Gasteiger charge is -2.49. The number of aromatic nitrogens is 1. The minimum absolute atomic E-state index is 0.175. The summed E-state index contributed by atoms with van der Waals surface area (Å²) in [5, 5.41) is 0. The lowest BCUT2D eigenvalue weighted by Crippen LogP contribution is -2.58. The third-order valence-electron chi connectivity index (χ3n) is 5.76. The van der Waals surface area contributed by atoms with Crippen LogP contribution in [0.3, 0.4) is 0 Å². The number of carbonyl (C=O) groups excluding carboxylic acids is 1. The molecule has 1 aromatic rings. The number of pyridine rings is 1. The van der Waals surface area contributed by atoms with Gasteiger partial charge in [-0.3, -0.25) is 9.78 Å². The smallest absolute Gasteiger partial charge is 0.253 e. The Labute approximate surface area is 132 Å². The lowest BCUT2D eigenvalue weighted by molar-refractivity contribution is -0.00130. The van der Waals surface area contributed by atoms with Crippen molar-refractivity contribution in [1.82, 2.24) is 14.8 Å². The molecule has 0 bridgehead atoms. The standard InChI is InChI=1S/C18H25N3O/c22-17(16-5-8-19-9-6-16)21-10-7-18(14-21)12-20(13-18)11-15-3-1-2-4-15/h5-6,8-9,15H,1-4,7,10-14H2. The molecule has 3 heterocycles. The second-order valence-electron chi connectivity index (χ2n) is 7.53. The van der Waals surface area contributed by atoms with E-state index in [1.54, 1.807) is 12.4 Å². The van der Waals surface area contributed by atoms with Gasteiger partial charge in [0.1, 0.15) is 0 Å². The van der Waals surface area contributed by atoms with Crippen molar-refractivity contribution in [1.29, 1.82) is 0 Å². The van der Waals surface area contributed by atoms with E-state index >= 15 is 0 Å². The van der Waals surface area contributed by atoms with Crippen molar-refractivity contribution < 1.29 is 4.79 Å². The molecule has 0 radical (unpaired) electrons. The molecule has 118 valence electrons. The highest BCUT2D eigenvalue weighted by Gasteiger charge is 2.48. The van der Waals surface area contributed by atoms with E-state index in [9.17, 15) is 4.79 Å². The van der Waals surface area contributed by atoms with Crippen molar-refractivity contribution in [2.75, 3.05) is 32.7 Å². The highest BCUT2D eigenvalue weighted by atomic mass is 16.2. The summed E-state index contributed by atoms with van der Waals surface area (Å²) in [5.74, 6) is 1.11. The van der Waals surface area contributed by atoms with Gasteiger partial charge in [-0.15, -0.1) is 0 Å². The normalized spacial score (nSPS) is 24.8. The Morgan fingerprint density at radius 3 is 2.64 bits per heavy atom. The Kier molecular flexibility index (Phi) is 3.65. The zero-order valence-corrected chi connectivity index (χ0v) is 13.2. The topological polar surface area (TPSA) is 36.4 Å². The summed E-state index contributed by atoms with van der Waals surface area (Å²) < 4.78 is 0. The average molecular weight is 299 g/mol. The van der Waals surface area contributed by atoms with Gasteiger partial charge in [-0.2, -0.15) is 0 Å². The van der Waals surface area contributed by atoms with Gasteiger partial charge in [0.25, 0.3) is 5.91 Å². The number of hydrogen-bond donors (Lipinski definition) is 0. The molecule has 1 aliphatic carbocycles. The fourth-order valence-electron chi connectivity index (χ4n) is 4.63. The Hall–Kier alpha value is -1.42. The largest absolute Gasteiger partial charge is 0.338 e. The Balaban J connectivity index is 1.31. The molecule has 2 aliphatic heterocycles. The van der Waals surface area contributed by atoms with Crippen LogP contribution in [0.2, 0.25) is 0 Å². The van der Waals surface area contributed by atoms with Crippen LogP contribution in [0.4, 0.5) is 0 Å². The molecule has 3 aliphatic rings. The number of hydrogen-bond acceptors (Lipinski definition) is 3.